The number of hydrogen-bond acceptors (Lipinski definition) is 2. The van der Waals surface area contributed by atoms with Gasteiger partial charge in [-0.15, -0.1) is 0 Å². The standard InChI is InChI=1S/C10H24N2/c1-9(8-10(2,3)4)12-7-5-6-11/h9,12H,5-8,11H2,1-4H3. The number of hydrogen-bond donors (Lipinski definition) is 2. The molecule has 0 aliphatic heterocycles. The van der Waals surface area contributed by atoms with Gasteiger partial charge in [-0.25, -0.2) is 0 Å². The molecule has 0 fully saturated rings. The van der Waals surface area contributed by atoms with Gasteiger partial charge in [0, 0.05) is 6.04 Å². The number of nitrogens with two attached hydrogens (primary N) is 1. The molecule has 12 heavy (non-hydrogen) atoms. The van der Waals surface area contributed by atoms with E-state index < -0.39 is 0 Å². The van der Waals surface area contributed by atoms with Crippen LogP contribution in [0.2, 0.25) is 0 Å². The van der Waals surface area contributed by atoms with Gasteiger partial charge in [0.2, 0.25) is 0 Å². The molecule has 0 saturated carbocycles. The third-order valence-corrected chi connectivity index (χ3v) is 1.79. The van der Waals surface area contributed by atoms with Gasteiger partial charge in [-0.05, 0) is 38.3 Å². The summed E-state index contributed by atoms with van der Waals surface area (Å²) in [5.74, 6) is 0. The molecule has 0 saturated heterocycles. The predicted molar refractivity (Wildman–Crippen MR) is 55.2 cm³/mol. The predicted octanol–water partition coefficient (Wildman–Crippen LogP) is 1.75. The Balaban J connectivity index is 3.40. The van der Waals surface area contributed by atoms with E-state index in [2.05, 4.69) is 33.0 Å². The summed E-state index contributed by atoms with van der Waals surface area (Å²) in [6.07, 6.45) is 2.30. The maximum atomic E-state index is 5.40. The average Bonchev–Trinajstić information content (AvgIpc) is 1.84. The maximum Gasteiger partial charge on any atom is 0.00437 e. The van der Waals surface area contributed by atoms with Crippen molar-refractivity contribution in [3.63, 3.8) is 0 Å². The van der Waals surface area contributed by atoms with Crippen LogP contribution in [0.5, 0.6) is 0 Å². The highest BCUT2D eigenvalue weighted by atomic mass is 14.9. The van der Waals surface area contributed by atoms with Crippen molar-refractivity contribution in [2.45, 2.75) is 46.6 Å². The van der Waals surface area contributed by atoms with Gasteiger partial charge in [0.1, 0.15) is 0 Å². The molecule has 0 aliphatic rings. The lowest BCUT2D eigenvalue weighted by Crippen LogP contribution is -2.31. The fourth-order valence-corrected chi connectivity index (χ4v) is 1.44. The van der Waals surface area contributed by atoms with E-state index in [1.54, 1.807) is 0 Å². The van der Waals surface area contributed by atoms with Gasteiger partial charge in [-0.2, -0.15) is 0 Å². The van der Waals surface area contributed by atoms with Crippen molar-refractivity contribution in [1.29, 1.82) is 0 Å². The van der Waals surface area contributed by atoms with Gasteiger partial charge >= 0.3 is 0 Å². The van der Waals surface area contributed by atoms with Gasteiger partial charge in [0.05, 0.1) is 0 Å². The summed E-state index contributed by atoms with van der Waals surface area (Å²) in [4.78, 5) is 0. The van der Waals surface area contributed by atoms with Crippen LogP contribution in [0.4, 0.5) is 0 Å². The molecule has 0 heterocycles. The maximum absolute atomic E-state index is 5.40. The minimum absolute atomic E-state index is 0.426. The van der Waals surface area contributed by atoms with E-state index in [0.29, 0.717) is 11.5 Å². The van der Waals surface area contributed by atoms with Gasteiger partial charge in [-0.3, -0.25) is 0 Å². The molecule has 0 spiro atoms. The van der Waals surface area contributed by atoms with E-state index in [1.807, 2.05) is 0 Å². The molecular weight excluding hydrogens is 148 g/mol. The SMILES string of the molecule is CC(CC(C)(C)C)NCCCN. The van der Waals surface area contributed by atoms with Crippen LogP contribution in [0.3, 0.4) is 0 Å². The Morgan fingerprint density at radius 1 is 1.33 bits per heavy atom. The Morgan fingerprint density at radius 3 is 2.33 bits per heavy atom. The van der Waals surface area contributed by atoms with Crippen molar-refractivity contribution < 1.29 is 0 Å². The van der Waals surface area contributed by atoms with Gasteiger partial charge in [-0.1, -0.05) is 20.8 Å². The van der Waals surface area contributed by atoms with E-state index in [9.17, 15) is 0 Å². The molecular formula is C10H24N2. The van der Waals surface area contributed by atoms with E-state index in [0.717, 1.165) is 19.5 Å². The molecule has 1 atom stereocenters. The van der Waals surface area contributed by atoms with Crippen LogP contribution >= 0.6 is 0 Å². The first kappa shape index (κ1) is 11.9. The van der Waals surface area contributed by atoms with E-state index >= 15 is 0 Å². The minimum Gasteiger partial charge on any atom is -0.330 e. The highest BCUT2D eigenvalue weighted by Crippen LogP contribution is 2.20. The number of rotatable bonds is 5. The summed E-state index contributed by atoms with van der Waals surface area (Å²) in [6, 6.07) is 0.608. The quantitative estimate of drug-likeness (QED) is 0.620. The molecule has 0 radical (unpaired) electrons. The number of nitrogens with one attached hydrogen (secondary N) is 1. The van der Waals surface area contributed by atoms with E-state index in [-0.39, 0.29) is 0 Å². The Morgan fingerprint density at radius 2 is 1.92 bits per heavy atom. The van der Waals surface area contributed by atoms with Crippen LogP contribution in [0.15, 0.2) is 0 Å². The molecule has 0 bridgehead atoms. The summed E-state index contributed by atoms with van der Waals surface area (Å²) in [5, 5.41) is 3.46. The first-order valence-corrected chi connectivity index (χ1v) is 4.89. The van der Waals surface area contributed by atoms with Crippen LogP contribution in [0.1, 0.15) is 40.5 Å². The highest BCUT2D eigenvalue weighted by molar-refractivity contribution is 4.70. The third-order valence-electron chi connectivity index (χ3n) is 1.79. The second kappa shape index (κ2) is 5.55. The summed E-state index contributed by atoms with van der Waals surface area (Å²) < 4.78 is 0. The van der Waals surface area contributed by atoms with Crippen molar-refractivity contribution in [1.82, 2.24) is 5.32 Å². The zero-order valence-electron chi connectivity index (χ0n) is 8.98. The zero-order valence-corrected chi connectivity index (χ0v) is 8.98. The van der Waals surface area contributed by atoms with Crippen molar-refractivity contribution in [2.75, 3.05) is 13.1 Å². The Kier molecular flexibility index (Phi) is 5.51. The van der Waals surface area contributed by atoms with Crippen LogP contribution < -0.4 is 11.1 Å². The van der Waals surface area contributed by atoms with Crippen molar-refractivity contribution in [3.8, 4) is 0 Å². The van der Waals surface area contributed by atoms with E-state index in [1.165, 1.54) is 6.42 Å². The summed E-state index contributed by atoms with van der Waals surface area (Å²) in [7, 11) is 0. The van der Waals surface area contributed by atoms with Crippen LogP contribution in [-0.2, 0) is 0 Å². The van der Waals surface area contributed by atoms with Gasteiger partial charge in [0.25, 0.3) is 0 Å². The highest BCUT2D eigenvalue weighted by Gasteiger charge is 2.13. The van der Waals surface area contributed by atoms with Crippen LogP contribution in [0.25, 0.3) is 0 Å². The normalized spacial score (nSPS) is 14.8. The van der Waals surface area contributed by atoms with Crippen molar-refractivity contribution in [3.05, 3.63) is 0 Å². The average molecular weight is 172 g/mol. The molecule has 74 valence electrons. The Hall–Kier alpha value is -0.0800. The van der Waals surface area contributed by atoms with Crippen LogP contribution in [-0.4, -0.2) is 19.1 Å². The monoisotopic (exact) mass is 172 g/mol. The molecule has 0 aromatic heterocycles. The molecule has 2 nitrogen and oxygen atoms in total. The molecule has 0 aromatic rings. The largest absolute Gasteiger partial charge is 0.330 e. The van der Waals surface area contributed by atoms with Crippen molar-refractivity contribution in [2.24, 2.45) is 11.1 Å². The zero-order chi connectivity index (χ0) is 9.61. The van der Waals surface area contributed by atoms with Crippen molar-refractivity contribution >= 4 is 0 Å². The molecule has 1 unspecified atom stereocenters. The van der Waals surface area contributed by atoms with Crippen LogP contribution in [0, 0.1) is 5.41 Å². The molecule has 3 N–H and O–H groups in total. The molecule has 0 rings (SSSR count). The molecule has 0 aromatic carbocycles. The first-order chi connectivity index (χ1) is 5.45. The second-order valence-electron chi connectivity index (χ2n) is 4.76. The first-order valence-electron chi connectivity index (χ1n) is 4.89. The summed E-state index contributed by atoms with van der Waals surface area (Å²) >= 11 is 0. The Bertz CT molecular complexity index is 105. The summed E-state index contributed by atoms with van der Waals surface area (Å²) in [6.45, 7) is 10.9. The van der Waals surface area contributed by atoms with Gasteiger partial charge in [0.15, 0.2) is 0 Å². The summed E-state index contributed by atoms with van der Waals surface area (Å²) in [5.41, 5.74) is 5.83. The van der Waals surface area contributed by atoms with Gasteiger partial charge < -0.3 is 11.1 Å². The minimum atomic E-state index is 0.426. The fourth-order valence-electron chi connectivity index (χ4n) is 1.44. The lowest BCUT2D eigenvalue weighted by atomic mass is 9.89. The molecule has 0 amide bonds. The molecule has 2 heteroatoms. The molecule has 0 aliphatic carbocycles. The topological polar surface area (TPSA) is 38.0 Å². The third kappa shape index (κ3) is 8.02. The smallest absolute Gasteiger partial charge is 0.00437 e. The Labute approximate surface area is 76.9 Å². The van der Waals surface area contributed by atoms with E-state index in [4.69, 9.17) is 5.73 Å². The second-order valence-corrected chi connectivity index (χ2v) is 4.76. The fraction of sp³-hybridized carbons (Fsp3) is 1.00. The lowest BCUT2D eigenvalue weighted by Gasteiger charge is -2.23. The lowest BCUT2D eigenvalue weighted by molar-refractivity contribution is 0.319.